The number of rotatable bonds is 8. The summed E-state index contributed by atoms with van der Waals surface area (Å²) in [6, 6.07) is 0.427. The third-order valence-electron chi connectivity index (χ3n) is 2.28. The van der Waals surface area contributed by atoms with Gasteiger partial charge in [-0.05, 0) is 37.3 Å². The molecule has 0 aliphatic rings. The van der Waals surface area contributed by atoms with Crippen molar-refractivity contribution in [3.8, 4) is 0 Å². The summed E-state index contributed by atoms with van der Waals surface area (Å²) in [6.45, 7) is 7.73. The normalized spacial score (nSPS) is 15.7. The molecule has 0 saturated carbocycles. The molecule has 0 aliphatic carbocycles. The molecule has 2 atom stereocenters. The molecule has 0 spiro atoms. The van der Waals surface area contributed by atoms with Crippen molar-refractivity contribution in [1.82, 2.24) is 5.32 Å². The van der Waals surface area contributed by atoms with Crippen LogP contribution in [0.5, 0.6) is 0 Å². The fraction of sp³-hybridized carbons (Fsp3) is 1.00. The van der Waals surface area contributed by atoms with Crippen LogP contribution in [0, 0.1) is 5.92 Å². The van der Waals surface area contributed by atoms with Gasteiger partial charge in [-0.1, -0.05) is 13.8 Å². The Morgan fingerprint density at radius 3 is 2.62 bits per heavy atom. The number of hydrogen-bond donors (Lipinski definition) is 2. The zero-order valence-electron chi connectivity index (χ0n) is 9.05. The van der Waals surface area contributed by atoms with E-state index in [4.69, 9.17) is 5.11 Å². The molecule has 0 rings (SSSR count). The number of aliphatic hydroxyl groups excluding tert-OH is 1. The Bertz CT molecular complexity index is 111. The summed E-state index contributed by atoms with van der Waals surface area (Å²) in [5.41, 5.74) is 0. The van der Waals surface area contributed by atoms with Crippen LogP contribution in [0.3, 0.4) is 0 Å². The van der Waals surface area contributed by atoms with Crippen molar-refractivity contribution in [2.75, 3.05) is 24.7 Å². The van der Waals surface area contributed by atoms with Gasteiger partial charge in [-0.25, -0.2) is 0 Å². The highest BCUT2D eigenvalue weighted by atomic mass is 32.2. The molecule has 80 valence electrons. The summed E-state index contributed by atoms with van der Waals surface area (Å²) in [5, 5.41) is 12.3. The molecular formula is C10H23NOS. The number of nitrogens with one attached hydrogen (secondary N) is 1. The van der Waals surface area contributed by atoms with Crippen molar-refractivity contribution >= 4 is 11.8 Å². The van der Waals surface area contributed by atoms with Gasteiger partial charge in [0.1, 0.15) is 0 Å². The zero-order valence-corrected chi connectivity index (χ0v) is 9.86. The average molecular weight is 205 g/mol. The van der Waals surface area contributed by atoms with Crippen molar-refractivity contribution < 1.29 is 5.11 Å². The molecule has 0 aliphatic heterocycles. The smallest absolute Gasteiger partial charge is 0.0471 e. The average Bonchev–Trinajstić information content (AvgIpc) is 2.16. The molecular weight excluding hydrogens is 182 g/mol. The van der Waals surface area contributed by atoms with Gasteiger partial charge in [-0.3, -0.25) is 0 Å². The summed E-state index contributed by atoms with van der Waals surface area (Å²) in [4.78, 5) is 0. The standard InChI is InChI=1S/C10H23NOS/c1-4-13-7-5-6-11-10(3)9(2)8-12/h9-12H,4-8H2,1-3H3. The summed E-state index contributed by atoms with van der Waals surface area (Å²) in [5.74, 6) is 2.81. The molecule has 0 amide bonds. The highest BCUT2D eigenvalue weighted by molar-refractivity contribution is 7.99. The van der Waals surface area contributed by atoms with Crippen LogP contribution in [0.25, 0.3) is 0 Å². The molecule has 0 radical (unpaired) electrons. The van der Waals surface area contributed by atoms with Gasteiger partial charge in [0.05, 0.1) is 0 Å². The van der Waals surface area contributed by atoms with E-state index in [1.165, 1.54) is 17.9 Å². The van der Waals surface area contributed by atoms with Crippen LogP contribution in [0.4, 0.5) is 0 Å². The zero-order chi connectivity index (χ0) is 10.1. The molecule has 2 unspecified atom stereocenters. The molecule has 13 heavy (non-hydrogen) atoms. The van der Waals surface area contributed by atoms with Crippen LogP contribution >= 0.6 is 11.8 Å². The molecule has 0 saturated heterocycles. The number of thioether (sulfide) groups is 1. The molecule has 0 fully saturated rings. The monoisotopic (exact) mass is 205 g/mol. The quantitative estimate of drug-likeness (QED) is 0.592. The Morgan fingerprint density at radius 1 is 1.38 bits per heavy atom. The van der Waals surface area contributed by atoms with E-state index >= 15 is 0 Å². The SMILES string of the molecule is CCSCCCNC(C)C(C)CO. The van der Waals surface area contributed by atoms with Crippen molar-refractivity contribution in [3.05, 3.63) is 0 Å². The molecule has 0 bridgehead atoms. The van der Waals surface area contributed by atoms with Crippen LogP contribution < -0.4 is 5.32 Å². The lowest BCUT2D eigenvalue weighted by molar-refractivity contribution is 0.208. The summed E-state index contributed by atoms with van der Waals surface area (Å²) in [6.07, 6.45) is 1.22. The fourth-order valence-electron chi connectivity index (χ4n) is 1.01. The van der Waals surface area contributed by atoms with Gasteiger partial charge in [0.25, 0.3) is 0 Å². The van der Waals surface area contributed by atoms with Gasteiger partial charge in [-0.15, -0.1) is 0 Å². The minimum Gasteiger partial charge on any atom is -0.396 e. The minimum atomic E-state index is 0.276. The molecule has 3 heteroatoms. The van der Waals surface area contributed by atoms with E-state index in [0.717, 1.165) is 6.54 Å². The van der Waals surface area contributed by atoms with E-state index in [2.05, 4.69) is 26.1 Å². The highest BCUT2D eigenvalue weighted by Crippen LogP contribution is 2.02. The first kappa shape index (κ1) is 13.3. The van der Waals surface area contributed by atoms with E-state index in [1.807, 2.05) is 11.8 Å². The minimum absolute atomic E-state index is 0.276. The second kappa shape index (κ2) is 8.85. The van der Waals surface area contributed by atoms with Crippen LogP contribution in [-0.2, 0) is 0 Å². The Balaban J connectivity index is 3.21. The maximum absolute atomic E-state index is 8.90. The third kappa shape index (κ3) is 7.35. The van der Waals surface area contributed by atoms with Crippen LogP contribution in [0.2, 0.25) is 0 Å². The predicted molar refractivity (Wildman–Crippen MR) is 61.3 cm³/mol. The topological polar surface area (TPSA) is 32.3 Å². The number of aliphatic hydroxyl groups is 1. The predicted octanol–water partition coefficient (Wildman–Crippen LogP) is 1.74. The fourth-order valence-corrected chi connectivity index (χ4v) is 1.64. The molecule has 0 aromatic heterocycles. The molecule has 2 N–H and O–H groups in total. The molecule has 0 heterocycles. The summed E-state index contributed by atoms with van der Waals surface area (Å²) < 4.78 is 0. The van der Waals surface area contributed by atoms with Gasteiger partial charge in [0, 0.05) is 12.6 Å². The lowest BCUT2D eigenvalue weighted by Crippen LogP contribution is -2.34. The van der Waals surface area contributed by atoms with E-state index in [1.54, 1.807) is 0 Å². The molecule has 0 aromatic rings. The highest BCUT2D eigenvalue weighted by Gasteiger charge is 2.08. The lowest BCUT2D eigenvalue weighted by Gasteiger charge is -2.18. The van der Waals surface area contributed by atoms with Crippen molar-refractivity contribution in [3.63, 3.8) is 0 Å². The van der Waals surface area contributed by atoms with E-state index in [9.17, 15) is 0 Å². The maximum Gasteiger partial charge on any atom is 0.0471 e. The molecule has 0 aromatic carbocycles. The Labute approximate surface area is 86.5 Å². The third-order valence-corrected chi connectivity index (χ3v) is 3.26. The van der Waals surface area contributed by atoms with Crippen LogP contribution in [0.1, 0.15) is 27.2 Å². The molecule has 2 nitrogen and oxygen atoms in total. The van der Waals surface area contributed by atoms with Gasteiger partial charge in [0.2, 0.25) is 0 Å². The Kier molecular flexibility index (Phi) is 9.03. The van der Waals surface area contributed by atoms with Crippen LogP contribution in [0.15, 0.2) is 0 Å². The second-order valence-electron chi connectivity index (χ2n) is 3.45. The van der Waals surface area contributed by atoms with Crippen LogP contribution in [-0.4, -0.2) is 35.8 Å². The van der Waals surface area contributed by atoms with E-state index < -0.39 is 0 Å². The van der Waals surface area contributed by atoms with E-state index in [0.29, 0.717) is 12.0 Å². The Morgan fingerprint density at radius 2 is 2.08 bits per heavy atom. The Hall–Kier alpha value is 0.270. The first-order valence-electron chi connectivity index (χ1n) is 5.14. The van der Waals surface area contributed by atoms with Gasteiger partial charge >= 0.3 is 0 Å². The van der Waals surface area contributed by atoms with E-state index in [-0.39, 0.29) is 6.61 Å². The van der Waals surface area contributed by atoms with Gasteiger partial charge < -0.3 is 10.4 Å². The van der Waals surface area contributed by atoms with Crippen molar-refractivity contribution in [2.24, 2.45) is 5.92 Å². The second-order valence-corrected chi connectivity index (χ2v) is 4.85. The largest absolute Gasteiger partial charge is 0.396 e. The number of hydrogen-bond acceptors (Lipinski definition) is 3. The first-order valence-corrected chi connectivity index (χ1v) is 6.29. The summed E-state index contributed by atoms with van der Waals surface area (Å²) in [7, 11) is 0. The first-order chi connectivity index (χ1) is 6.22. The van der Waals surface area contributed by atoms with Gasteiger partial charge in [-0.2, -0.15) is 11.8 Å². The summed E-state index contributed by atoms with van der Waals surface area (Å²) >= 11 is 1.98. The van der Waals surface area contributed by atoms with Gasteiger partial charge in [0.15, 0.2) is 0 Å². The van der Waals surface area contributed by atoms with Crippen molar-refractivity contribution in [1.29, 1.82) is 0 Å². The lowest BCUT2D eigenvalue weighted by atomic mass is 10.1. The van der Waals surface area contributed by atoms with Crippen molar-refractivity contribution in [2.45, 2.75) is 33.2 Å². The maximum atomic E-state index is 8.90.